The highest BCUT2D eigenvalue weighted by Crippen LogP contribution is 2.40. The molecule has 0 aliphatic carbocycles. The van der Waals surface area contributed by atoms with Gasteiger partial charge in [-0.25, -0.2) is 0 Å². The molecule has 0 saturated heterocycles. The molecule has 4 rings (SSSR count). The topological polar surface area (TPSA) is 69.9 Å². The molecule has 0 spiro atoms. The summed E-state index contributed by atoms with van der Waals surface area (Å²) in [5.74, 6) is 1.90. The first kappa shape index (κ1) is 23.0. The molecule has 34 heavy (non-hydrogen) atoms. The third-order valence-electron chi connectivity index (χ3n) is 5.50. The Morgan fingerprint density at radius 1 is 0.971 bits per heavy atom. The van der Waals surface area contributed by atoms with Gasteiger partial charge in [0.15, 0.2) is 0 Å². The van der Waals surface area contributed by atoms with Gasteiger partial charge >= 0.3 is 0 Å². The zero-order valence-corrected chi connectivity index (χ0v) is 19.7. The Balaban J connectivity index is 1.66. The molecule has 1 amide bonds. The number of carbonyl (C=O) groups is 1. The van der Waals surface area contributed by atoms with Gasteiger partial charge in [0.05, 0.1) is 27.1 Å². The lowest BCUT2D eigenvalue weighted by Gasteiger charge is -2.11. The van der Waals surface area contributed by atoms with Crippen molar-refractivity contribution >= 4 is 28.1 Å². The first-order valence-electron chi connectivity index (χ1n) is 11.0. The first-order chi connectivity index (χ1) is 16.5. The maximum atomic E-state index is 12.7. The van der Waals surface area contributed by atoms with E-state index < -0.39 is 0 Å². The van der Waals surface area contributed by atoms with Gasteiger partial charge in [-0.15, -0.1) is 0 Å². The molecule has 0 saturated carbocycles. The maximum absolute atomic E-state index is 12.7. The van der Waals surface area contributed by atoms with E-state index in [0.29, 0.717) is 23.6 Å². The molecule has 0 unspecified atom stereocenters. The lowest BCUT2D eigenvalue weighted by atomic mass is 9.98. The third-order valence-corrected chi connectivity index (χ3v) is 5.50. The van der Waals surface area contributed by atoms with E-state index in [9.17, 15) is 4.79 Å². The van der Waals surface area contributed by atoms with Crippen molar-refractivity contribution in [3.8, 4) is 28.4 Å². The van der Waals surface area contributed by atoms with Crippen molar-refractivity contribution in [2.24, 2.45) is 0 Å². The molecule has 1 heterocycles. The molecule has 6 nitrogen and oxygen atoms in total. The van der Waals surface area contributed by atoms with Gasteiger partial charge < -0.3 is 23.9 Å². The number of amides is 1. The lowest BCUT2D eigenvalue weighted by molar-refractivity contribution is -0.111. The second-order valence-electron chi connectivity index (χ2n) is 7.67. The number of fused-ring (bicyclic) bond motifs is 1. The van der Waals surface area contributed by atoms with Crippen LogP contribution < -0.4 is 19.5 Å². The molecular weight excluding hydrogens is 430 g/mol. The molecule has 6 heteroatoms. The predicted octanol–water partition coefficient (Wildman–Crippen LogP) is 6.56. The van der Waals surface area contributed by atoms with E-state index in [2.05, 4.69) is 5.32 Å². The molecule has 1 aromatic heterocycles. The highest BCUT2D eigenvalue weighted by molar-refractivity contribution is 6.05. The quantitative estimate of drug-likeness (QED) is 0.304. The van der Waals surface area contributed by atoms with Crippen molar-refractivity contribution in [3.05, 3.63) is 78.6 Å². The summed E-state index contributed by atoms with van der Waals surface area (Å²) in [6.45, 7) is 4.40. The molecule has 0 aliphatic heterocycles. The zero-order valence-electron chi connectivity index (χ0n) is 19.7. The van der Waals surface area contributed by atoms with Gasteiger partial charge in [-0.05, 0) is 55.8 Å². The average Bonchev–Trinajstić information content (AvgIpc) is 3.27. The van der Waals surface area contributed by atoms with Gasteiger partial charge in [0.25, 0.3) is 0 Å². The van der Waals surface area contributed by atoms with E-state index in [0.717, 1.165) is 39.1 Å². The monoisotopic (exact) mass is 457 g/mol. The van der Waals surface area contributed by atoms with Crippen molar-refractivity contribution in [3.63, 3.8) is 0 Å². The van der Waals surface area contributed by atoms with E-state index >= 15 is 0 Å². The van der Waals surface area contributed by atoms with Crippen LogP contribution in [0.3, 0.4) is 0 Å². The summed E-state index contributed by atoms with van der Waals surface area (Å²) < 4.78 is 22.4. The maximum Gasteiger partial charge on any atom is 0.248 e. The molecule has 0 aliphatic rings. The number of carbonyl (C=O) groups excluding carboxylic acids is 1. The van der Waals surface area contributed by atoms with Gasteiger partial charge in [-0.1, -0.05) is 18.2 Å². The third kappa shape index (κ3) is 4.76. The molecule has 3 aromatic carbocycles. The van der Waals surface area contributed by atoms with Crippen LogP contribution in [-0.4, -0.2) is 26.7 Å². The van der Waals surface area contributed by atoms with E-state index in [-0.39, 0.29) is 5.91 Å². The molecule has 174 valence electrons. The number of hydrogen-bond acceptors (Lipinski definition) is 5. The van der Waals surface area contributed by atoms with Gasteiger partial charge in [0, 0.05) is 39.9 Å². The molecule has 1 N–H and O–H groups in total. The van der Waals surface area contributed by atoms with Crippen molar-refractivity contribution < 1.29 is 23.4 Å². The fourth-order valence-electron chi connectivity index (χ4n) is 3.86. The SMILES string of the molecule is CCOc1ccc(NC(=O)/C=C(\C)c2cc3c(-c4ccccc4OC)coc3cc2OC)cc1. The number of ether oxygens (including phenoxy) is 3. The van der Waals surface area contributed by atoms with Crippen LogP contribution in [0.4, 0.5) is 5.69 Å². The van der Waals surface area contributed by atoms with Crippen molar-refractivity contribution in [1.29, 1.82) is 0 Å². The van der Waals surface area contributed by atoms with Gasteiger partial charge in [-0.3, -0.25) is 4.79 Å². The summed E-state index contributed by atoms with van der Waals surface area (Å²) in [5, 5.41) is 3.79. The second-order valence-corrected chi connectivity index (χ2v) is 7.67. The Labute approximate surface area is 198 Å². The van der Waals surface area contributed by atoms with Crippen LogP contribution in [0, 0.1) is 0 Å². The Bertz CT molecular complexity index is 1330. The minimum Gasteiger partial charge on any atom is -0.496 e. The fourth-order valence-corrected chi connectivity index (χ4v) is 3.86. The second kappa shape index (κ2) is 10.2. The van der Waals surface area contributed by atoms with E-state index in [1.165, 1.54) is 0 Å². The van der Waals surface area contributed by atoms with Crippen LogP contribution >= 0.6 is 0 Å². The smallest absolute Gasteiger partial charge is 0.248 e. The Hall–Kier alpha value is -4.19. The highest BCUT2D eigenvalue weighted by atomic mass is 16.5. The summed E-state index contributed by atoms with van der Waals surface area (Å²) in [6, 6.07) is 18.9. The number of hydrogen-bond donors (Lipinski definition) is 1. The number of allylic oxidation sites excluding steroid dienone is 1. The molecular formula is C28H27NO5. The minimum absolute atomic E-state index is 0.235. The van der Waals surface area contributed by atoms with Crippen molar-refractivity contribution in [2.75, 3.05) is 26.1 Å². The summed E-state index contributed by atoms with van der Waals surface area (Å²) in [7, 11) is 3.24. The number of furan rings is 1. The van der Waals surface area contributed by atoms with Gasteiger partial charge in [0.1, 0.15) is 22.8 Å². The minimum atomic E-state index is -0.235. The summed E-state index contributed by atoms with van der Waals surface area (Å²) in [4.78, 5) is 12.7. The highest BCUT2D eigenvalue weighted by Gasteiger charge is 2.17. The molecule has 4 aromatic rings. The Morgan fingerprint density at radius 3 is 2.41 bits per heavy atom. The van der Waals surface area contributed by atoms with E-state index in [1.54, 1.807) is 26.6 Å². The molecule has 0 atom stereocenters. The number of rotatable bonds is 8. The number of para-hydroxylation sites is 1. The van der Waals surface area contributed by atoms with Crippen LogP contribution in [0.5, 0.6) is 17.2 Å². The van der Waals surface area contributed by atoms with E-state index in [4.69, 9.17) is 18.6 Å². The van der Waals surface area contributed by atoms with Crippen LogP contribution in [0.2, 0.25) is 0 Å². The number of benzene rings is 3. The summed E-state index contributed by atoms with van der Waals surface area (Å²) in [6.07, 6.45) is 3.27. The number of methoxy groups -OCH3 is 2. The summed E-state index contributed by atoms with van der Waals surface area (Å²) >= 11 is 0. The molecule has 0 fully saturated rings. The normalized spacial score (nSPS) is 11.4. The fraction of sp³-hybridized carbons (Fsp3) is 0.179. The lowest BCUT2D eigenvalue weighted by Crippen LogP contribution is -2.08. The van der Waals surface area contributed by atoms with Crippen LogP contribution in [-0.2, 0) is 4.79 Å². The predicted molar refractivity (Wildman–Crippen MR) is 135 cm³/mol. The van der Waals surface area contributed by atoms with Crippen LogP contribution in [0.25, 0.3) is 27.7 Å². The van der Waals surface area contributed by atoms with Gasteiger partial charge in [-0.2, -0.15) is 0 Å². The largest absolute Gasteiger partial charge is 0.496 e. The van der Waals surface area contributed by atoms with Gasteiger partial charge in [0.2, 0.25) is 5.91 Å². The average molecular weight is 458 g/mol. The Kier molecular flexibility index (Phi) is 6.87. The van der Waals surface area contributed by atoms with E-state index in [1.807, 2.05) is 74.5 Å². The van der Waals surface area contributed by atoms with Crippen LogP contribution in [0.1, 0.15) is 19.4 Å². The zero-order chi connectivity index (χ0) is 24.1. The first-order valence-corrected chi connectivity index (χ1v) is 11.0. The molecule has 0 bridgehead atoms. The van der Waals surface area contributed by atoms with Crippen molar-refractivity contribution in [2.45, 2.75) is 13.8 Å². The summed E-state index contributed by atoms with van der Waals surface area (Å²) in [5.41, 5.74) is 4.77. The number of nitrogens with one attached hydrogen (secondary N) is 1. The number of anilines is 1. The standard InChI is InChI=1S/C28H27NO5/c1-5-33-20-12-10-19(11-13-20)29-28(30)14-18(2)22-15-23-24(17-34-27(23)16-26(22)32-4)21-8-6-7-9-25(21)31-3/h6-17H,5H2,1-4H3,(H,29,30)/b18-14+. The Morgan fingerprint density at radius 2 is 1.71 bits per heavy atom. The molecule has 0 radical (unpaired) electrons. The van der Waals surface area contributed by atoms with Crippen molar-refractivity contribution in [1.82, 2.24) is 0 Å². The van der Waals surface area contributed by atoms with Crippen LogP contribution in [0.15, 0.2) is 77.4 Å².